The van der Waals surface area contributed by atoms with Gasteiger partial charge in [0, 0.05) is 18.7 Å². The monoisotopic (exact) mass is 315 g/mol. The van der Waals surface area contributed by atoms with Crippen LogP contribution in [-0.2, 0) is 6.42 Å². The second-order valence-electron chi connectivity index (χ2n) is 3.66. The van der Waals surface area contributed by atoms with Gasteiger partial charge in [0.2, 0.25) is 5.28 Å². The molecule has 0 saturated heterocycles. The Morgan fingerprint density at radius 3 is 3.12 bits per heavy atom. The van der Waals surface area contributed by atoms with Crippen LogP contribution in [0.15, 0.2) is 33.5 Å². The van der Waals surface area contributed by atoms with Gasteiger partial charge in [0.05, 0.1) is 10.7 Å². The maximum absolute atomic E-state index is 5.74. The van der Waals surface area contributed by atoms with Gasteiger partial charge in [0.25, 0.3) is 0 Å². The van der Waals surface area contributed by atoms with Crippen LogP contribution in [0.4, 0.5) is 5.82 Å². The van der Waals surface area contributed by atoms with Crippen LogP contribution >= 0.6 is 27.5 Å². The third-order valence-corrected chi connectivity index (χ3v) is 2.95. The van der Waals surface area contributed by atoms with Gasteiger partial charge in [-0.2, -0.15) is 4.98 Å². The number of hydrogen-bond acceptors (Lipinski definition) is 4. The third-order valence-electron chi connectivity index (χ3n) is 2.19. The van der Waals surface area contributed by atoms with Crippen molar-refractivity contribution in [1.82, 2.24) is 9.97 Å². The van der Waals surface area contributed by atoms with E-state index in [0.717, 1.165) is 16.7 Å². The van der Waals surface area contributed by atoms with E-state index in [1.165, 1.54) is 0 Å². The molecule has 6 heteroatoms. The highest BCUT2D eigenvalue weighted by atomic mass is 79.9. The minimum absolute atomic E-state index is 0.184. The van der Waals surface area contributed by atoms with Crippen molar-refractivity contribution in [2.24, 2.45) is 0 Å². The van der Waals surface area contributed by atoms with E-state index in [9.17, 15) is 0 Å². The normalized spacial score (nSPS) is 12.4. The summed E-state index contributed by atoms with van der Waals surface area (Å²) in [5.41, 5.74) is 0. The van der Waals surface area contributed by atoms with Crippen LogP contribution in [0.1, 0.15) is 12.7 Å². The van der Waals surface area contributed by atoms with Crippen molar-refractivity contribution < 1.29 is 4.42 Å². The Labute approximate surface area is 113 Å². The van der Waals surface area contributed by atoms with Crippen LogP contribution in [-0.4, -0.2) is 16.0 Å². The largest absolute Gasteiger partial charge is 0.469 e. The zero-order chi connectivity index (χ0) is 12.3. The standard InChI is InChI=1S/C11H11BrClN3O/c1-7(5-8-3-2-4-17-8)15-10-9(12)6-14-11(13)16-10/h2-4,6-7H,5H2,1H3,(H,14,15,16). The van der Waals surface area contributed by atoms with E-state index in [1.54, 1.807) is 12.5 Å². The van der Waals surface area contributed by atoms with Crippen molar-refractivity contribution in [3.8, 4) is 0 Å². The molecule has 0 aliphatic rings. The molecule has 0 aromatic carbocycles. The van der Waals surface area contributed by atoms with Crippen LogP contribution in [0, 0.1) is 0 Å². The molecular weight excluding hydrogens is 305 g/mol. The molecule has 1 atom stereocenters. The first-order valence-corrected chi connectivity index (χ1v) is 6.29. The number of nitrogens with zero attached hydrogens (tertiary/aromatic N) is 2. The molecule has 2 aromatic rings. The van der Waals surface area contributed by atoms with E-state index in [1.807, 2.05) is 19.1 Å². The van der Waals surface area contributed by atoms with Crippen molar-refractivity contribution in [3.63, 3.8) is 0 Å². The fourth-order valence-electron chi connectivity index (χ4n) is 1.46. The zero-order valence-electron chi connectivity index (χ0n) is 9.15. The average molecular weight is 317 g/mol. The molecule has 2 heterocycles. The zero-order valence-corrected chi connectivity index (χ0v) is 11.5. The Morgan fingerprint density at radius 1 is 1.59 bits per heavy atom. The second-order valence-corrected chi connectivity index (χ2v) is 4.86. The molecule has 0 bridgehead atoms. The van der Waals surface area contributed by atoms with Gasteiger partial charge in [-0.3, -0.25) is 0 Å². The number of aromatic nitrogens is 2. The van der Waals surface area contributed by atoms with Crippen molar-refractivity contribution >= 4 is 33.3 Å². The van der Waals surface area contributed by atoms with Gasteiger partial charge in [-0.1, -0.05) is 0 Å². The highest BCUT2D eigenvalue weighted by Gasteiger charge is 2.09. The smallest absolute Gasteiger partial charge is 0.224 e. The number of halogens is 2. The Morgan fingerprint density at radius 2 is 2.41 bits per heavy atom. The molecule has 0 aliphatic carbocycles. The lowest BCUT2D eigenvalue weighted by Crippen LogP contribution is -2.19. The molecule has 1 unspecified atom stereocenters. The summed E-state index contributed by atoms with van der Waals surface area (Å²) in [5.74, 6) is 1.62. The van der Waals surface area contributed by atoms with E-state index in [0.29, 0.717) is 5.82 Å². The van der Waals surface area contributed by atoms with Crippen LogP contribution in [0.5, 0.6) is 0 Å². The lowest BCUT2D eigenvalue weighted by atomic mass is 10.2. The summed E-state index contributed by atoms with van der Waals surface area (Å²) in [7, 11) is 0. The van der Waals surface area contributed by atoms with Gasteiger partial charge in [-0.15, -0.1) is 0 Å². The lowest BCUT2D eigenvalue weighted by Gasteiger charge is -2.14. The summed E-state index contributed by atoms with van der Waals surface area (Å²) in [4.78, 5) is 7.98. The first-order valence-electron chi connectivity index (χ1n) is 5.12. The maximum Gasteiger partial charge on any atom is 0.224 e. The van der Waals surface area contributed by atoms with Crippen molar-refractivity contribution in [2.45, 2.75) is 19.4 Å². The fraction of sp³-hybridized carbons (Fsp3) is 0.273. The molecule has 0 fully saturated rings. The van der Waals surface area contributed by atoms with E-state index in [-0.39, 0.29) is 11.3 Å². The van der Waals surface area contributed by atoms with E-state index in [2.05, 4.69) is 31.2 Å². The predicted molar refractivity (Wildman–Crippen MR) is 70.2 cm³/mol. The average Bonchev–Trinajstić information content (AvgIpc) is 2.76. The number of anilines is 1. The van der Waals surface area contributed by atoms with E-state index >= 15 is 0 Å². The van der Waals surface area contributed by atoms with Gasteiger partial charge in [0.1, 0.15) is 11.6 Å². The minimum atomic E-state index is 0.184. The van der Waals surface area contributed by atoms with Crippen molar-refractivity contribution in [3.05, 3.63) is 40.1 Å². The van der Waals surface area contributed by atoms with E-state index in [4.69, 9.17) is 16.0 Å². The van der Waals surface area contributed by atoms with Gasteiger partial charge in [0.15, 0.2) is 0 Å². The van der Waals surface area contributed by atoms with E-state index < -0.39 is 0 Å². The van der Waals surface area contributed by atoms with Crippen LogP contribution < -0.4 is 5.32 Å². The molecule has 17 heavy (non-hydrogen) atoms. The van der Waals surface area contributed by atoms with Crippen LogP contribution in [0.25, 0.3) is 0 Å². The summed E-state index contributed by atoms with van der Waals surface area (Å²) in [6, 6.07) is 4.00. The van der Waals surface area contributed by atoms with Gasteiger partial charge in [-0.05, 0) is 46.6 Å². The van der Waals surface area contributed by atoms with Crippen LogP contribution in [0.2, 0.25) is 5.28 Å². The lowest BCUT2D eigenvalue weighted by molar-refractivity contribution is 0.497. The number of nitrogens with one attached hydrogen (secondary N) is 1. The summed E-state index contributed by atoms with van der Waals surface area (Å²) < 4.78 is 6.07. The molecule has 2 aromatic heterocycles. The quantitative estimate of drug-likeness (QED) is 0.877. The Kier molecular flexibility index (Phi) is 4.02. The SMILES string of the molecule is CC(Cc1ccco1)Nc1nc(Cl)ncc1Br. The fourth-order valence-corrected chi connectivity index (χ4v) is 1.90. The molecule has 2 rings (SSSR count). The van der Waals surface area contributed by atoms with Crippen molar-refractivity contribution in [1.29, 1.82) is 0 Å². The van der Waals surface area contributed by atoms with Crippen LogP contribution in [0.3, 0.4) is 0 Å². The molecule has 0 aliphatic heterocycles. The summed E-state index contributed by atoms with van der Waals surface area (Å²) in [6.45, 7) is 2.05. The molecule has 0 radical (unpaired) electrons. The van der Waals surface area contributed by atoms with Gasteiger partial charge >= 0.3 is 0 Å². The molecule has 0 spiro atoms. The molecule has 90 valence electrons. The Bertz CT molecular complexity index is 489. The van der Waals surface area contributed by atoms with Gasteiger partial charge < -0.3 is 9.73 Å². The maximum atomic E-state index is 5.74. The minimum Gasteiger partial charge on any atom is -0.469 e. The molecular formula is C11H11BrClN3O. The molecule has 4 nitrogen and oxygen atoms in total. The Balaban J connectivity index is 2.02. The number of hydrogen-bond donors (Lipinski definition) is 1. The summed E-state index contributed by atoms with van der Waals surface area (Å²) in [6.07, 6.45) is 4.07. The summed E-state index contributed by atoms with van der Waals surface area (Å²) >= 11 is 9.11. The predicted octanol–water partition coefficient (Wildman–Crippen LogP) is 3.53. The summed E-state index contributed by atoms with van der Waals surface area (Å²) in [5, 5.41) is 3.47. The Hall–Kier alpha value is -1.07. The highest BCUT2D eigenvalue weighted by molar-refractivity contribution is 9.10. The topological polar surface area (TPSA) is 51.0 Å². The second kappa shape index (κ2) is 5.51. The molecule has 0 saturated carbocycles. The van der Waals surface area contributed by atoms with Crippen molar-refractivity contribution in [2.75, 3.05) is 5.32 Å². The number of furan rings is 1. The first kappa shape index (κ1) is 12.4. The molecule has 0 amide bonds. The third kappa shape index (κ3) is 3.44. The molecule has 1 N–H and O–H groups in total. The van der Waals surface area contributed by atoms with Gasteiger partial charge in [-0.25, -0.2) is 4.98 Å². The highest BCUT2D eigenvalue weighted by Crippen LogP contribution is 2.21. The first-order chi connectivity index (χ1) is 8.15. The number of rotatable bonds is 4.